The van der Waals surface area contributed by atoms with Gasteiger partial charge in [-0.1, -0.05) is 60.7 Å². The van der Waals surface area contributed by atoms with E-state index in [-0.39, 0.29) is 6.61 Å². The third kappa shape index (κ3) is 3.84. The highest BCUT2D eigenvalue weighted by Crippen LogP contribution is 2.46. The van der Waals surface area contributed by atoms with Crippen LogP contribution < -0.4 is 10.6 Å². The summed E-state index contributed by atoms with van der Waals surface area (Å²) >= 11 is 0. The molecule has 4 N–H and O–H groups in total. The highest BCUT2D eigenvalue weighted by Gasteiger charge is 2.40. The fourth-order valence-electron chi connectivity index (χ4n) is 5.83. The van der Waals surface area contributed by atoms with Gasteiger partial charge in [0.05, 0.1) is 34.9 Å². The molecule has 7 rings (SSSR count). The molecular formula is C32H27N5O3. The van der Waals surface area contributed by atoms with Crippen molar-refractivity contribution in [2.24, 2.45) is 0 Å². The molecule has 1 aliphatic carbocycles. The van der Waals surface area contributed by atoms with E-state index in [1.54, 1.807) is 6.20 Å². The monoisotopic (exact) mass is 529 g/mol. The number of nitrogens with one attached hydrogen (secondary N) is 2. The molecule has 3 aromatic carbocycles. The number of carboxylic acid groups (broad SMARTS) is 1. The summed E-state index contributed by atoms with van der Waals surface area (Å²) in [4.78, 5) is 21.4. The van der Waals surface area contributed by atoms with Crippen LogP contribution in [0.1, 0.15) is 30.4 Å². The van der Waals surface area contributed by atoms with Gasteiger partial charge in [-0.2, -0.15) is 0 Å². The second-order valence-electron chi connectivity index (χ2n) is 10.3. The van der Waals surface area contributed by atoms with E-state index in [4.69, 9.17) is 4.98 Å². The molecule has 40 heavy (non-hydrogen) atoms. The number of aromatic nitrogens is 3. The third-order valence-corrected chi connectivity index (χ3v) is 8.00. The zero-order valence-corrected chi connectivity index (χ0v) is 21.6. The van der Waals surface area contributed by atoms with E-state index in [1.165, 1.54) is 0 Å². The molecule has 2 aliphatic rings. The lowest BCUT2D eigenvalue weighted by molar-refractivity contribution is 0.144. The van der Waals surface area contributed by atoms with Gasteiger partial charge in [-0.15, -0.1) is 0 Å². The lowest BCUT2D eigenvalue weighted by Gasteiger charge is -2.42. The molecule has 0 bridgehead atoms. The SMILES string of the molecule is O=C(O)NC1(c2ccc(-c3c(-c4ccc(CO)cc4)nc4n3-c3cccnc3Nc3ccccc3-4)cc2)CCC1. The van der Waals surface area contributed by atoms with Crippen LogP contribution in [0.15, 0.2) is 91.1 Å². The van der Waals surface area contributed by atoms with Gasteiger partial charge in [-0.25, -0.2) is 14.8 Å². The minimum atomic E-state index is -1.01. The molecule has 3 heterocycles. The van der Waals surface area contributed by atoms with Crippen LogP contribution in [0.2, 0.25) is 0 Å². The van der Waals surface area contributed by atoms with Crippen LogP contribution in [-0.4, -0.2) is 30.8 Å². The first-order valence-corrected chi connectivity index (χ1v) is 13.3. The molecule has 0 unspecified atom stereocenters. The standard InChI is InChI=1S/C32H27N5O3/c38-19-20-8-10-21(11-9-20)27-28(22-12-14-23(15-13-22)32(16-4-17-32)36-31(39)40)37-26-7-3-18-33-29(26)34-25-6-2-1-5-24(25)30(37)35-27/h1-3,5-15,18,36,38H,4,16-17,19H2,(H,33,34)(H,39,40). The van der Waals surface area contributed by atoms with Gasteiger partial charge in [0.25, 0.3) is 0 Å². The fraction of sp³-hybridized carbons (Fsp3) is 0.156. The number of amides is 1. The number of aliphatic hydroxyl groups is 1. The lowest BCUT2D eigenvalue weighted by Crippen LogP contribution is -2.50. The zero-order chi connectivity index (χ0) is 27.3. The van der Waals surface area contributed by atoms with Crippen molar-refractivity contribution in [3.63, 3.8) is 0 Å². The Labute approximate surface area is 231 Å². The topological polar surface area (TPSA) is 112 Å². The largest absolute Gasteiger partial charge is 0.465 e. The average molecular weight is 530 g/mol. The second kappa shape index (κ2) is 9.36. The number of anilines is 2. The summed E-state index contributed by atoms with van der Waals surface area (Å²) in [5, 5.41) is 25.3. The van der Waals surface area contributed by atoms with Gasteiger partial charge < -0.3 is 20.8 Å². The van der Waals surface area contributed by atoms with Crippen LogP contribution >= 0.6 is 0 Å². The Morgan fingerprint density at radius 2 is 1.70 bits per heavy atom. The van der Waals surface area contributed by atoms with Crippen molar-refractivity contribution in [3.8, 4) is 39.6 Å². The van der Waals surface area contributed by atoms with E-state index in [0.29, 0.717) is 0 Å². The van der Waals surface area contributed by atoms with Gasteiger partial charge >= 0.3 is 6.09 Å². The minimum Gasteiger partial charge on any atom is -0.465 e. The van der Waals surface area contributed by atoms with Crippen LogP contribution in [0.5, 0.6) is 0 Å². The van der Waals surface area contributed by atoms with E-state index in [1.807, 2.05) is 66.7 Å². The van der Waals surface area contributed by atoms with E-state index >= 15 is 0 Å². The molecule has 8 nitrogen and oxygen atoms in total. The number of hydrogen-bond acceptors (Lipinski definition) is 5. The van der Waals surface area contributed by atoms with Crippen molar-refractivity contribution in [2.45, 2.75) is 31.4 Å². The quantitative estimate of drug-likeness (QED) is 0.204. The first-order valence-electron chi connectivity index (χ1n) is 13.3. The predicted molar refractivity (Wildman–Crippen MR) is 154 cm³/mol. The van der Waals surface area contributed by atoms with Crippen LogP contribution in [0.4, 0.5) is 16.3 Å². The highest BCUT2D eigenvalue weighted by molar-refractivity contribution is 5.90. The van der Waals surface area contributed by atoms with Crippen LogP contribution in [0, 0.1) is 0 Å². The summed E-state index contributed by atoms with van der Waals surface area (Å²) in [6.07, 6.45) is 3.32. The Hall–Kier alpha value is -4.95. The first kappa shape index (κ1) is 24.1. The number of imidazole rings is 1. The zero-order valence-electron chi connectivity index (χ0n) is 21.6. The molecule has 1 saturated carbocycles. The summed E-state index contributed by atoms with van der Waals surface area (Å²) in [5.74, 6) is 1.52. The summed E-state index contributed by atoms with van der Waals surface area (Å²) in [6.45, 7) is -0.0293. The molecule has 0 atom stereocenters. The Morgan fingerprint density at radius 3 is 2.40 bits per heavy atom. The van der Waals surface area contributed by atoms with Gasteiger partial charge in [-0.05, 0) is 54.7 Å². The molecule has 1 amide bonds. The minimum absolute atomic E-state index is 0.0293. The van der Waals surface area contributed by atoms with Gasteiger partial charge in [-0.3, -0.25) is 4.57 Å². The number of aliphatic hydroxyl groups excluding tert-OH is 1. The number of nitrogens with zero attached hydrogens (tertiary/aromatic N) is 3. The number of benzene rings is 3. The number of para-hydroxylation sites is 1. The van der Waals surface area contributed by atoms with Gasteiger partial charge in [0.1, 0.15) is 5.82 Å². The number of fused-ring (bicyclic) bond motifs is 5. The van der Waals surface area contributed by atoms with Crippen molar-refractivity contribution < 1.29 is 15.0 Å². The van der Waals surface area contributed by atoms with Crippen molar-refractivity contribution in [2.75, 3.05) is 5.32 Å². The number of carbonyl (C=O) groups is 1. The lowest BCUT2D eigenvalue weighted by atomic mass is 9.71. The number of rotatable bonds is 5. The van der Waals surface area contributed by atoms with Gasteiger partial charge in [0, 0.05) is 22.9 Å². The summed E-state index contributed by atoms with van der Waals surface area (Å²) in [7, 11) is 0. The smallest absolute Gasteiger partial charge is 0.405 e. The van der Waals surface area contributed by atoms with Gasteiger partial charge in [0.2, 0.25) is 0 Å². The molecule has 8 heteroatoms. The molecule has 198 valence electrons. The fourth-order valence-corrected chi connectivity index (χ4v) is 5.83. The van der Waals surface area contributed by atoms with E-state index in [9.17, 15) is 15.0 Å². The van der Waals surface area contributed by atoms with E-state index in [0.717, 1.165) is 81.5 Å². The van der Waals surface area contributed by atoms with Crippen LogP contribution in [-0.2, 0) is 12.1 Å². The summed E-state index contributed by atoms with van der Waals surface area (Å²) < 4.78 is 2.15. The van der Waals surface area contributed by atoms with Crippen molar-refractivity contribution in [1.82, 2.24) is 19.9 Å². The van der Waals surface area contributed by atoms with Crippen molar-refractivity contribution in [1.29, 1.82) is 0 Å². The molecule has 1 aliphatic heterocycles. The predicted octanol–water partition coefficient (Wildman–Crippen LogP) is 6.46. The Balaban J connectivity index is 1.47. The maximum atomic E-state index is 11.5. The average Bonchev–Trinajstić information content (AvgIpc) is 3.29. The summed E-state index contributed by atoms with van der Waals surface area (Å²) in [6, 6.07) is 28.0. The van der Waals surface area contributed by atoms with Gasteiger partial charge in [0.15, 0.2) is 5.82 Å². The summed E-state index contributed by atoms with van der Waals surface area (Å²) in [5.41, 5.74) is 7.58. The number of hydrogen-bond donors (Lipinski definition) is 4. The normalized spacial score (nSPS) is 14.5. The van der Waals surface area contributed by atoms with E-state index < -0.39 is 11.6 Å². The van der Waals surface area contributed by atoms with Crippen LogP contribution in [0.3, 0.4) is 0 Å². The Bertz CT molecular complexity index is 1740. The molecule has 0 spiro atoms. The second-order valence-corrected chi connectivity index (χ2v) is 10.3. The molecule has 5 aromatic rings. The van der Waals surface area contributed by atoms with Crippen LogP contribution in [0.25, 0.3) is 39.6 Å². The molecule has 0 radical (unpaired) electrons. The highest BCUT2D eigenvalue weighted by atomic mass is 16.4. The van der Waals surface area contributed by atoms with Crippen molar-refractivity contribution in [3.05, 3.63) is 102 Å². The maximum absolute atomic E-state index is 11.5. The molecule has 1 fully saturated rings. The Morgan fingerprint density at radius 1 is 0.950 bits per heavy atom. The van der Waals surface area contributed by atoms with Crippen molar-refractivity contribution >= 4 is 17.6 Å². The Kier molecular flexibility index (Phi) is 5.64. The van der Waals surface area contributed by atoms with E-state index in [2.05, 4.69) is 38.4 Å². The third-order valence-electron chi connectivity index (χ3n) is 8.00. The first-order chi connectivity index (χ1) is 19.6. The maximum Gasteiger partial charge on any atom is 0.405 e. The number of pyridine rings is 1. The molecular weight excluding hydrogens is 502 g/mol. The molecule has 0 saturated heterocycles. The molecule has 2 aromatic heterocycles.